The van der Waals surface area contributed by atoms with Crippen LogP contribution in [-0.4, -0.2) is 19.0 Å². The van der Waals surface area contributed by atoms with Gasteiger partial charge in [0.2, 0.25) is 0 Å². The third-order valence-corrected chi connectivity index (χ3v) is 2.79. The van der Waals surface area contributed by atoms with E-state index in [1.807, 2.05) is 13.1 Å². The van der Waals surface area contributed by atoms with Crippen LogP contribution in [-0.2, 0) is 0 Å². The van der Waals surface area contributed by atoms with Gasteiger partial charge in [-0.25, -0.2) is 0 Å². The molecule has 1 aromatic carbocycles. The minimum atomic E-state index is 0.283. The van der Waals surface area contributed by atoms with Crippen molar-refractivity contribution in [2.75, 3.05) is 7.05 Å². The first kappa shape index (κ1) is 11.0. The Balaban J connectivity index is 1.92. The van der Waals surface area contributed by atoms with Crippen molar-refractivity contribution in [3.8, 4) is 0 Å². The lowest BCUT2D eigenvalue weighted by Crippen LogP contribution is -2.39. The standard InChI is InChI=1S/C13H19N3/c1-10(11-6-4-3-5-7-11)15-13(14-2)16-12-8-9-12/h3-7,10,12H,8-9H2,1-2H3,(H2,14,15,16). The molecule has 1 atom stereocenters. The first-order valence-corrected chi connectivity index (χ1v) is 5.84. The molecule has 0 aliphatic heterocycles. The number of guanidine groups is 1. The van der Waals surface area contributed by atoms with Gasteiger partial charge in [0.25, 0.3) is 0 Å². The number of hydrogen-bond acceptors (Lipinski definition) is 1. The van der Waals surface area contributed by atoms with Crippen molar-refractivity contribution in [1.82, 2.24) is 10.6 Å². The lowest BCUT2D eigenvalue weighted by molar-refractivity contribution is 0.684. The van der Waals surface area contributed by atoms with Crippen LogP contribution in [0.2, 0.25) is 0 Å². The topological polar surface area (TPSA) is 36.4 Å². The summed E-state index contributed by atoms with van der Waals surface area (Å²) in [5.41, 5.74) is 1.28. The molecular formula is C13H19N3. The van der Waals surface area contributed by atoms with Crippen LogP contribution in [0.3, 0.4) is 0 Å². The Kier molecular flexibility index (Phi) is 3.44. The van der Waals surface area contributed by atoms with Crippen LogP contribution >= 0.6 is 0 Å². The maximum atomic E-state index is 4.23. The van der Waals surface area contributed by atoms with Gasteiger partial charge in [-0.1, -0.05) is 30.3 Å². The van der Waals surface area contributed by atoms with Gasteiger partial charge in [0.1, 0.15) is 0 Å². The first-order chi connectivity index (χ1) is 7.79. The van der Waals surface area contributed by atoms with Crippen LogP contribution in [0.4, 0.5) is 0 Å². The van der Waals surface area contributed by atoms with E-state index in [4.69, 9.17) is 0 Å². The predicted octanol–water partition coefficient (Wildman–Crippen LogP) is 2.07. The fraction of sp³-hybridized carbons (Fsp3) is 0.462. The van der Waals surface area contributed by atoms with E-state index in [-0.39, 0.29) is 6.04 Å². The average molecular weight is 217 g/mol. The number of aliphatic imine (C=N–C) groups is 1. The summed E-state index contributed by atoms with van der Waals surface area (Å²) in [4.78, 5) is 4.23. The molecule has 2 rings (SSSR count). The van der Waals surface area contributed by atoms with Gasteiger partial charge < -0.3 is 10.6 Å². The van der Waals surface area contributed by atoms with Gasteiger partial charge in [-0.2, -0.15) is 0 Å². The number of benzene rings is 1. The molecular weight excluding hydrogens is 198 g/mol. The van der Waals surface area contributed by atoms with E-state index in [0.717, 1.165) is 5.96 Å². The molecule has 0 saturated heterocycles. The largest absolute Gasteiger partial charge is 0.354 e. The molecule has 1 aliphatic rings. The van der Waals surface area contributed by atoms with Gasteiger partial charge in [-0.15, -0.1) is 0 Å². The fourth-order valence-electron chi connectivity index (χ4n) is 1.62. The van der Waals surface area contributed by atoms with Crippen molar-refractivity contribution in [3.63, 3.8) is 0 Å². The zero-order valence-electron chi connectivity index (χ0n) is 9.90. The number of rotatable bonds is 3. The molecule has 0 bridgehead atoms. The quantitative estimate of drug-likeness (QED) is 0.600. The third-order valence-electron chi connectivity index (χ3n) is 2.79. The Bertz CT molecular complexity index is 355. The molecule has 0 radical (unpaired) electrons. The van der Waals surface area contributed by atoms with Crippen LogP contribution in [0.25, 0.3) is 0 Å². The summed E-state index contributed by atoms with van der Waals surface area (Å²) in [6.45, 7) is 2.15. The molecule has 1 fully saturated rings. The van der Waals surface area contributed by atoms with Crippen LogP contribution < -0.4 is 10.6 Å². The summed E-state index contributed by atoms with van der Waals surface area (Å²) >= 11 is 0. The minimum absolute atomic E-state index is 0.283. The van der Waals surface area contributed by atoms with Crippen LogP contribution in [0.15, 0.2) is 35.3 Å². The van der Waals surface area contributed by atoms with E-state index in [0.29, 0.717) is 6.04 Å². The fourth-order valence-corrected chi connectivity index (χ4v) is 1.62. The lowest BCUT2D eigenvalue weighted by atomic mass is 10.1. The molecule has 1 aliphatic carbocycles. The van der Waals surface area contributed by atoms with Gasteiger partial charge in [-0.3, -0.25) is 4.99 Å². The zero-order valence-corrected chi connectivity index (χ0v) is 9.90. The summed E-state index contributed by atoms with van der Waals surface area (Å²) < 4.78 is 0. The van der Waals surface area contributed by atoms with Crippen LogP contribution in [0.5, 0.6) is 0 Å². The Labute approximate surface area is 97.0 Å². The van der Waals surface area contributed by atoms with Crippen molar-refractivity contribution in [3.05, 3.63) is 35.9 Å². The molecule has 2 N–H and O–H groups in total. The SMILES string of the molecule is CN=C(NC1CC1)NC(C)c1ccccc1. The Morgan fingerprint density at radius 2 is 2.00 bits per heavy atom. The summed E-state index contributed by atoms with van der Waals surface area (Å²) in [5, 5.41) is 6.77. The van der Waals surface area contributed by atoms with Gasteiger partial charge in [0.05, 0.1) is 6.04 Å². The molecule has 0 heterocycles. The molecule has 3 nitrogen and oxygen atoms in total. The highest BCUT2D eigenvalue weighted by Crippen LogP contribution is 2.18. The van der Waals surface area contributed by atoms with Gasteiger partial charge in [0, 0.05) is 13.1 Å². The van der Waals surface area contributed by atoms with Crippen molar-refractivity contribution in [2.45, 2.75) is 31.8 Å². The smallest absolute Gasteiger partial charge is 0.191 e. The molecule has 16 heavy (non-hydrogen) atoms. The highest BCUT2D eigenvalue weighted by molar-refractivity contribution is 5.80. The van der Waals surface area contributed by atoms with Gasteiger partial charge in [0.15, 0.2) is 5.96 Å². The summed E-state index contributed by atoms with van der Waals surface area (Å²) in [6.07, 6.45) is 2.53. The number of nitrogens with one attached hydrogen (secondary N) is 2. The second kappa shape index (κ2) is 5.01. The van der Waals surface area contributed by atoms with E-state index in [2.05, 4.69) is 46.8 Å². The van der Waals surface area contributed by atoms with E-state index in [9.17, 15) is 0 Å². The lowest BCUT2D eigenvalue weighted by Gasteiger charge is -2.17. The predicted molar refractivity (Wildman–Crippen MR) is 67.5 cm³/mol. The monoisotopic (exact) mass is 217 g/mol. The van der Waals surface area contributed by atoms with Crippen molar-refractivity contribution < 1.29 is 0 Å². The molecule has 1 aromatic rings. The highest BCUT2D eigenvalue weighted by Gasteiger charge is 2.22. The van der Waals surface area contributed by atoms with Crippen molar-refractivity contribution in [2.24, 2.45) is 4.99 Å². The molecule has 1 saturated carbocycles. The zero-order chi connectivity index (χ0) is 11.4. The first-order valence-electron chi connectivity index (χ1n) is 5.84. The summed E-state index contributed by atoms with van der Waals surface area (Å²) in [7, 11) is 1.81. The van der Waals surface area contributed by atoms with Gasteiger partial charge >= 0.3 is 0 Å². The van der Waals surface area contributed by atoms with Crippen LogP contribution in [0, 0.1) is 0 Å². The summed E-state index contributed by atoms with van der Waals surface area (Å²) in [5.74, 6) is 0.902. The van der Waals surface area contributed by atoms with E-state index in [1.54, 1.807) is 0 Å². The van der Waals surface area contributed by atoms with Gasteiger partial charge in [-0.05, 0) is 25.3 Å². The van der Waals surface area contributed by atoms with E-state index >= 15 is 0 Å². The Hall–Kier alpha value is -1.51. The van der Waals surface area contributed by atoms with E-state index in [1.165, 1.54) is 18.4 Å². The Morgan fingerprint density at radius 1 is 1.31 bits per heavy atom. The molecule has 0 aromatic heterocycles. The molecule has 1 unspecified atom stereocenters. The van der Waals surface area contributed by atoms with Crippen molar-refractivity contribution >= 4 is 5.96 Å². The normalized spacial score (nSPS) is 18.0. The average Bonchev–Trinajstić information content (AvgIpc) is 3.13. The Morgan fingerprint density at radius 3 is 2.56 bits per heavy atom. The van der Waals surface area contributed by atoms with E-state index < -0.39 is 0 Å². The molecule has 0 spiro atoms. The number of hydrogen-bond donors (Lipinski definition) is 2. The summed E-state index contributed by atoms with van der Waals surface area (Å²) in [6, 6.07) is 11.3. The minimum Gasteiger partial charge on any atom is -0.354 e. The van der Waals surface area contributed by atoms with Crippen molar-refractivity contribution in [1.29, 1.82) is 0 Å². The van der Waals surface area contributed by atoms with Crippen LogP contribution in [0.1, 0.15) is 31.4 Å². The maximum Gasteiger partial charge on any atom is 0.191 e. The third kappa shape index (κ3) is 2.99. The molecule has 0 amide bonds. The molecule has 86 valence electrons. The molecule has 3 heteroatoms. The highest BCUT2D eigenvalue weighted by atomic mass is 15.2. The second-order valence-electron chi connectivity index (χ2n) is 4.27. The second-order valence-corrected chi connectivity index (χ2v) is 4.27. The maximum absolute atomic E-state index is 4.23. The number of nitrogens with zero attached hydrogens (tertiary/aromatic N) is 1.